The summed E-state index contributed by atoms with van der Waals surface area (Å²) in [6.07, 6.45) is 3.39. The molecule has 1 rings (SSSR count). The Labute approximate surface area is 83.3 Å². The predicted octanol–water partition coefficient (Wildman–Crippen LogP) is -0.134. The molecule has 0 spiro atoms. The second kappa shape index (κ2) is 4.76. The van der Waals surface area contributed by atoms with Crippen LogP contribution in [-0.4, -0.2) is 21.5 Å². The molecule has 0 saturated carbocycles. The summed E-state index contributed by atoms with van der Waals surface area (Å²) in [6.45, 7) is 4.55. The molecule has 5 nitrogen and oxygen atoms in total. The Balaban J connectivity index is 2.47. The van der Waals surface area contributed by atoms with E-state index in [9.17, 15) is 4.79 Å². The van der Waals surface area contributed by atoms with Crippen LogP contribution in [0.3, 0.4) is 0 Å². The molecule has 0 atom stereocenters. The molecule has 1 heterocycles. The van der Waals surface area contributed by atoms with Crippen molar-refractivity contribution < 1.29 is 4.79 Å². The molecule has 1 aromatic rings. The first-order valence-electron chi connectivity index (χ1n) is 4.62. The predicted molar refractivity (Wildman–Crippen MR) is 53.4 cm³/mol. The third-order valence-electron chi connectivity index (χ3n) is 1.67. The Bertz CT molecular complexity index is 306. The zero-order valence-electron chi connectivity index (χ0n) is 8.53. The highest BCUT2D eigenvalue weighted by Gasteiger charge is 2.04. The quantitative estimate of drug-likeness (QED) is 0.704. The van der Waals surface area contributed by atoms with Gasteiger partial charge in [0.1, 0.15) is 6.54 Å². The Hall–Kier alpha value is -1.36. The van der Waals surface area contributed by atoms with Gasteiger partial charge in [0.05, 0.1) is 12.0 Å². The van der Waals surface area contributed by atoms with E-state index in [1.54, 1.807) is 17.1 Å². The molecular formula is C9H16N4O. The van der Waals surface area contributed by atoms with Crippen molar-refractivity contribution in [3.63, 3.8) is 0 Å². The maximum atomic E-state index is 11.3. The average molecular weight is 196 g/mol. The van der Waals surface area contributed by atoms with E-state index in [0.29, 0.717) is 13.1 Å². The van der Waals surface area contributed by atoms with Gasteiger partial charge in [0, 0.05) is 18.8 Å². The van der Waals surface area contributed by atoms with E-state index in [4.69, 9.17) is 5.73 Å². The van der Waals surface area contributed by atoms with Crippen LogP contribution in [0.2, 0.25) is 0 Å². The smallest absolute Gasteiger partial charge is 0.240 e. The van der Waals surface area contributed by atoms with Gasteiger partial charge in [-0.15, -0.1) is 0 Å². The zero-order chi connectivity index (χ0) is 10.6. The Morgan fingerprint density at radius 1 is 1.71 bits per heavy atom. The van der Waals surface area contributed by atoms with Gasteiger partial charge >= 0.3 is 0 Å². The second-order valence-electron chi connectivity index (χ2n) is 3.46. The first kappa shape index (κ1) is 10.7. The lowest BCUT2D eigenvalue weighted by molar-refractivity contribution is -0.122. The molecule has 1 aromatic heterocycles. The number of nitrogens with zero attached hydrogens (tertiary/aromatic N) is 2. The van der Waals surface area contributed by atoms with Crippen molar-refractivity contribution in [3.05, 3.63) is 18.2 Å². The van der Waals surface area contributed by atoms with E-state index < -0.39 is 0 Å². The van der Waals surface area contributed by atoms with Gasteiger partial charge in [0.15, 0.2) is 0 Å². The molecule has 3 N–H and O–H groups in total. The first-order valence-corrected chi connectivity index (χ1v) is 4.62. The highest BCUT2D eigenvalue weighted by atomic mass is 16.2. The zero-order valence-corrected chi connectivity index (χ0v) is 8.53. The van der Waals surface area contributed by atoms with Gasteiger partial charge in [-0.25, -0.2) is 4.98 Å². The number of imidazole rings is 1. The first-order chi connectivity index (χ1) is 6.61. The minimum atomic E-state index is -0.0130. The number of aromatic nitrogens is 2. The lowest BCUT2D eigenvalue weighted by Gasteiger charge is -2.07. The van der Waals surface area contributed by atoms with Crippen LogP contribution in [0.4, 0.5) is 0 Å². The molecule has 0 aliphatic carbocycles. The van der Waals surface area contributed by atoms with Crippen LogP contribution in [0.1, 0.15) is 19.5 Å². The summed E-state index contributed by atoms with van der Waals surface area (Å²) in [7, 11) is 0. The molecule has 14 heavy (non-hydrogen) atoms. The highest BCUT2D eigenvalue weighted by Crippen LogP contribution is 1.94. The van der Waals surface area contributed by atoms with Crippen molar-refractivity contribution in [2.45, 2.75) is 33.0 Å². The summed E-state index contributed by atoms with van der Waals surface area (Å²) in [5.74, 6) is -0.0130. The van der Waals surface area contributed by atoms with Gasteiger partial charge in [-0.3, -0.25) is 4.79 Å². The van der Waals surface area contributed by atoms with E-state index >= 15 is 0 Å². The SMILES string of the molecule is CC(C)NC(=O)Cn1cnc(CN)c1. The summed E-state index contributed by atoms with van der Waals surface area (Å²) in [6, 6.07) is 0.167. The van der Waals surface area contributed by atoms with Gasteiger partial charge in [-0.1, -0.05) is 0 Å². The normalized spacial score (nSPS) is 10.6. The van der Waals surface area contributed by atoms with Crippen molar-refractivity contribution in [1.82, 2.24) is 14.9 Å². The fourth-order valence-corrected chi connectivity index (χ4v) is 1.13. The number of hydrogen-bond donors (Lipinski definition) is 2. The van der Waals surface area contributed by atoms with Crippen LogP contribution < -0.4 is 11.1 Å². The van der Waals surface area contributed by atoms with E-state index in [2.05, 4.69) is 10.3 Å². The maximum absolute atomic E-state index is 11.3. The molecule has 0 saturated heterocycles. The van der Waals surface area contributed by atoms with Crippen molar-refractivity contribution in [3.8, 4) is 0 Å². The highest BCUT2D eigenvalue weighted by molar-refractivity contribution is 5.75. The molecule has 0 radical (unpaired) electrons. The second-order valence-corrected chi connectivity index (χ2v) is 3.46. The van der Waals surface area contributed by atoms with Crippen molar-refractivity contribution >= 4 is 5.91 Å². The van der Waals surface area contributed by atoms with Crippen LogP contribution in [0, 0.1) is 0 Å². The fraction of sp³-hybridized carbons (Fsp3) is 0.556. The molecule has 1 amide bonds. The van der Waals surface area contributed by atoms with Crippen LogP contribution in [0.25, 0.3) is 0 Å². The van der Waals surface area contributed by atoms with Gasteiger partial charge in [-0.05, 0) is 13.8 Å². The van der Waals surface area contributed by atoms with Crippen LogP contribution >= 0.6 is 0 Å². The van der Waals surface area contributed by atoms with Crippen LogP contribution in [0.15, 0.2) is 12.5 Å². The van der Waals surface area contributed by atoms with Gasteiger partial charge < -0.3 is 15.6 Å². The molecule has 0 fully saturated rings. The molecule has 78 valence electrons. The Morgan fingerprint density at radius 3 is 2.93 bits per heavy atom. The lowest BCUT2D eigenvalue weighted by atomic mass is 10.4. The van der Waals surface area contributed by atoms with E-state index in [1.165, 1.54) is 0 Å². The summed E-state index contributed by atoms with van der Waals surface area (Å²) in [5, 5.41) is 2.80. The van der Waals surface area contributed by atoms with Crippen molar-refractivity contribution in [2.75, 3.05) is 0 Å². The largest absolute Gasteiger partial charge is 0.352 e. The van der Waals surface area contributed by atoms with E-state index in [0.717, 1.165) is 5.69 Å². The summed E-state index contributed by atoms with van der Waals surface area (Å²) in [4.78, 5) is 15.4. The van der Waals surface area contributed by atoms with Gasteiger partial charge in [0.25, 0.3) is 0 Å². The number of amides is 1. The molecule has 0 aliphatic heterocycles. The van der Waals surface area contributed by atoms with Crippen molar-refractivity contribution in [1.29, 1.82) is 0 Å². The topological polar surface area (TPSA) is 72.9 Å². The molecule has 5 heteroatoms. The van der Waals surface area contributed by atoms with E-state index in [-0.39, 0.29) is 11.9 Å². The maximum Gasteiger partial charge on any atom is 0.240 e. The minimum Gasteiger partial charge on any atom is -0.352 e. The number of rotatable bonds is 4. The van der Waals surface area contributed by atoms with Crippen molar-refractivity contribution in [2.24, 2.45) is 5.73 Å². The number of carbonyl (C=O) groups excluding carboxylic acids is 1. The molecule has 0 aromatic carbocycles. The minimum absolute atomic E-state index is 0.0130. The number of hydrogen-bond acceptors (Lipinski definition) is 3. The van der Waals surface area contributed by atoms with Crippen LogP contribution in [-0.2, 0) is 17.9 Å². The molecule has 0 unspecified atom stereocenters. The average Bonchev–Trinajstić information content (AvgIpc) is 2.50. The number of nitrogens with one attached hydrogen (secondary N) is 1. The standard InChI is InChI=1S/C9H16N4O/c1-7(2)12-9(14)5-13-4-8(3-10)11-6-13/h4,6-7H,3,5,10H2,1-2H3,(H,12,14). The summed E-state index contributed by atoms with van der Waals surface area (Å²) >= 11 is 0. The Kier molecular flexibility index (Phi) is 3.64. The number of carbonyl (C=O) groups is 1. The molecule has 0 aliphatic rings. The summed E-state index contributed by atoms with van der Waals surface area (Å²) in [5.41, 5.74) is 6.19. The summed E-state index contributed by atoms with van der Waals surface area (Å²) < 4.78 is 1.72. The Morgan fingerprint density at radius 2 is 2.43 bits per heavy atom. The number of nitrogens with two attached hydrogens (primary N) is 1. The molecular weight excluding hydrogens is 180 g/mol. The third kappa shape index (κ3) is 3.18. The van der Waals surface area contributed by atoms with E-state index in [1.807, 2.05) is 13.8 Å². The fourth-order valence-electron chi connectivity index (χ4n) is 1.13. The third-order valence-corrected chi connectivity index (χ3v) is 1.67. The van der Waals surface area contributed by atoms with Gasteiger partial charge in [-0.2, -0.15) is 0 Å². The van der Waals surface area contributed by atoms with Crippen LogP contribution in [0.5, 0.6) is 0 Å². The van der Waals surface area contributed by atoms with Gasteiger partial charge in [0.2, 0.25) is 5.91 Å². The molecule has 0 bridgehead atoms. The lowest BCUT2D eigenvalue weighted by Crippen LogP contribution is -2.32. The monoisotopic (exact) mass is 196 g/mol.